The number of pyridine rings is 1. The Labute approximate surface area is 209 Å². The van der Waals surface area contributed by atoms with Gasteiger partial charge in [-0.3, -0.25) is 9.78 Å². The average molecular weight is 484 g/mol. The molecule has 0 saturated carbocycles. The van der Waals surface area contributed by atoms with Crippen LogP contribution in [0.1, 0.15) is 46.0 Å². The van der Waals surface area contributed by atoms with Crippen molar-refractivity contribution in [1.29, 1.82) is 0 Å². The van der Waals surface area contributed by atoms with E-state index in [4.69, 9.17) is 0 Å². The molecule has 1 aliphatic rings. The van der Waals surface area contributed by atoms with Crippen LogP contribution in [0.3, 0.4) is 0 Å². The summed E-state index contributed by atoms with van der Waals surface area (Å²) < 4.78 is 0. The number of benzene rings is 2. The van der Waals surface area contributed by atoms with Crippen molar-refractivity contribution in [3.63, 3.8) is 0 Å². The summed E-state index contributed by atoms with van der Waals surface area (Å²) in [6.45, 7) is 0.413. The number of nitrogens with zero attached hydrogens (tertiary/aromatic N) is 5. The van der Waals surface area contributed by atoms with Crippen LogP contribution >= 0.6 is 0 Å². The molecule has 3 heterocycles. The van der Waals surface area contributed by atoms with E-state index in [1.807, 2.05) is 60.7 Å². The van der Waals surface area contributed by atoms with Gasteiger partial charge in [0.25, 0.3) is 5.91 Å². The van der Waals surface area contributed by atoms with Gasteiger partial charge in [-0.1, -0.05) is 42.5 Å². The topological polar surface area (TPSA) is 120 Å². The molecule has 4 aromatic rings. The van der Waals surface area contributed by atoms with E-state index >= 15 is 0 Å². The lowest BCUT2D eigenvalue weighted by Gasteiger charge is -2.20. The van der Waals surface area contributed by atoms with Gasteiger partial charge in [0.1, 0.15) is 0 Å². The molecule has 1 amide bonds. The number of hydrogen-bond acceptors (Lipinski definition) is 7. The Kier molecular flexibility index (Phi) is 7.11. The highest BCUT2D eigenvalue weighted by Crippen LogP contribution is 2.26. The number of carbonyl (C=O) groups excluding carboxylic acids is 1. The Bertz CT molecular complexity index is 1280. The summed E-state index contributed by atoms with van der Waals surface area (Å²) in [4.78, 5) is 18.9. The maximum atomic E-state index is 13.0. The molecule has 2 aromatic heterocycles. The first-order valence-electron chi connectivity index (χ1n) is 12.1. The Morgan fingerprint density at radius 3 is 2.64 bits per heavy atom. The predicted molar refractivity (Wildman–Crippen MR) is 135 cm³/mol. The van der Waals surface area contributed by atoms with Crippen LogP contribution in [0.2, 0.25) is 0 Å². The lowest BCUT2D eigenvalue weighted by Crippen LogP contribution is -2.35. The maximum Gasteiger partial charge on any atom is 0.253 e. The molecule has 1 saturated heterocycles. The minimum atomic E-state index is -0.505. The number of aliphatic hydroxyl groups excluding tert-OH is 1. The van der Waals surface area contributed by atoms with Crippen molar-refractivity contribution in [3.8, 4) is 11.4 Å². The van der Waals surface area contributed by atoms with Crippen molar-refractivity contribution in [3.05, 3.63) is 95.3 Å². The first-order valence-corrected chi connectivity index (χ1v) is 12.1. The zero-order valence-electron chi connectivity index (χ0n) is 20.1. The summed E-state index contributed by atoms with van der Waals surface area (Å²) >= 11 is 0. The van der Waals surface area contributed by atoms with Crippen LogP contribution in [0.5, 0.6) is 0 Å². The van der Waals surface area contributed by atoms with Gasteiger partial charge in [-0.05, 0) is 59.4 Å². The number of nitrogens with one attached hydrogen (secondary N) is 2. The van der Waals surface area contributed by atoms with Crippen LogP contribution in [0.4, 0.5) is 0 Å². The van der Waals surface area contributed by atoms with Crippen LogP contribution in [0, 0.1) is 0 Å². The lowest BCUT2D eigenvalue weighted by atomic mass is 10.0. The fourth-order valence-corrected chi connectivity index (χ4v) is 4.76. The van der Waals surface area contributed by atoms with Crippen LogP contribution in [0.15, 0.2) is 73.1 Å². The van der Waals surface area contributed by atoms with E-state index in [1.165, 1.54) is 5.56 Å². The Morgan fingerprint density at radius 2 is 1.89 bits per heavy atom. The second-order valence-corrected chi connectivity index (χ2v) is 9.28. The van der Waals surface area contributed by atoms with Crippen LogP contribution in [-0.4, -0.2) is 60.7 Å². The number of carbonyl (C=O) groups is 1. The summed E-state index contributed by atoms with van der Waals surface area (Å²) in [5.41, 5.74) is 4.37. The van der Waals surface area contributed by atoms with Crippen LogP contribution in [0.25, 0.3) is 11.4 Å². The molecule has 9 heteroatoms. The molecule has 0 bridgehead atoms. The van der Waals surface area contributed by atoms with Gasteiger partial charge in [0, 0.05) is 49.2 Å². The molecular weight excluding hydrogens is 454 g/mol. The highest BCUT2D eigenvalue weighted by Gasteiger charge is 2.29. The summed E-state index contributed by atoms with van der Waals surface area (Å²) in [5.74, 6) is 0.406. The fourth-order valence-electron chi connectivity index (χ4n) is 4.76. The minimum absolute atomic E-state index is 0.0555. The molecule has 0 spiro atoms. The number of H-pyrrole nitrogens is 1. The van der Waals surface area contributed by atoms with Gasteiger partial charge in [-0.15, -0.1) is 10.2 Å². The van der Waals surface area contributed by atoms with Gasteiger partial charge in [0.05, 0.1) is 6.10 Å². The number of tetrazole rings is 1. The molecule has 9 nitrogen and oxygen atoms in total. The fraction of sp³-hybridized carbons (Fsp3) is 0.296. The lowest BCUT2D eigenvalue weighted by molar-refractivity contribution is 0.0785. The van der Waals surface area contributed by atoms with Crippen molar-refractivity contribution >= 4 is 5.91 Å². The smallest absolute Gasteiger partial charge is 0.253 e. The van der Waals surface area contributed by atoms with E-state index in [-0.39, 0.29) is 11.9 Å². The Balaban J connectivity index is 1.16. The molecule has 0 aliphatic carbocycles. The summed E-state index contributed by atoms with van der Waals surface area (Å²) in [6, 6.07) is 19.9. The number of hydrogen-bond donors (Lipinski definition) is 3. The number of aliphatic hydroxyl groups is 1. The van der Waals surface area contributed by atoms with Gasteiger partial charge in [0.2, 0.25) is 5.82 Å². The molecular formula is C27H29N7O2. The number of amides is 1. The molecule has 2 aromatic carbocycles. The number of rotatable bonds is 8. The SMILES string of the molecule is CN(Cc1cncc(-c2nn[nH]n2)c1)C(=O)c1ccc(C[C@@H]2CC[C@H](C(O)c3ccccc3)N2)cc1. The molecule has 1 aliphatic heterocycles. The molecule has 3 atom stereocenters. The molecule has 0 radical (unpaired) electrons. The third-order valence-electron chi connectivity index (χ3n) is 6.65. The largest absolute Gasteiger partial charge is 0.387 e. The third kappa shape index (κ3) is 5.48. The maximum absolute atomic E-state index is 13.0. The van der Waals surface area contributed by atoms with Crippen molar-refractivity contribution in [2.45, 2.75) is 44.0 Å². The van der Waals surface area contributed by atoms with Crippen molar-refractivity contribution in [1.82, 2.24) is 35.8 Å². The van der Waals surface area contributed by atoms with Gasteiger partial charge < -0.3 is 15.3 Å². The van der Waals surface area contributed by atoms with E-state index < -0.39 is 6.10 Å². The highest BCUT2D eigenvalue weighted by molar-refractivity contribution is 5.94. The van der Waals surface area contributed by atoms with Crippen molar-refractivity contribution in [2.24, 2.45) is 0 Å². The average Bonchev–Trinajstić information content (AvgIpc) is 3.62. The van der Waals surface area contributed by atoms with Gasteiger partial charge in [-0.25, -0.2) is 0 Å². The normalized spacial score (nSPS) is 18.2. The van der Waals surface area contributed by atoms with Gasteiger partial charge in [-0.2, -0.15) is 5.21 Å². The van der Waals surface area contributed by atoms with E-state index in [0.29, 0.717) is 24.0 Å². The van der Waals surface area contributed by atoms with E-state index in [9.17, 15) is 9.90 Å². The highest BCUT2D eigenvalue weighted by atomic mass is 16.3. The molecule has 1 unspecified atom stereocenters. The van der Waals surface area contributed by atoms with E-state index in [2.05, 4.69) is 30.9 Å². The first-order chi connectivity index (χ1) is 17.6. The summed E-state index contributed by atoms with van der Waals surface area (Å²) in [7, 11) is 1.78. The Hall–Kier alpha value is -3.95. The summed E-state index contributed by atoms with van der Waals surface area (Å²) in [6.07, 6.45) is 5.69. The quantitative estimate of drug-likeness (QED) is 0.352. The minimum Gasteiger partial charge on any atom is -0.387 e. The Morgan fingerprint density at radius 1 is 1.08 bits per heavy atom. The van der Waals surface area contributed by atoms with Gasteiger partial charge in [0.15, 0.2) is 0 Å². The second-order valence-electron chi connectivity index (χ2n) is 9.28. The molecule has 36 heavy (non-hydrogen) atoms. The molecule has 184 valence electrons. The standard InChI is InChI=1S/C27H29N7O2/c1-34(17-19-13-22(16-28-15-19)26-30-32-33-31-26)27(36)21-9-7-18(8-10-21)14-23-11-12-24(29-23)25(35)20-5-3-2-4-6-20/h2-10,13,15-16,23-25,29,35H,11-12,14,17H2,1H3,(H,30,31,32,33)/t23-,24+,25?/m0/s1. The van der Waals surface area contributed by atoms with Crippen molar-refractivity contribution < 1.29 is 9.90 Å². The molecule has 3 N–H and O–H groups in total. The number of aromatic nitrogens is 5. The molecule has 5 rings (SSSR count). The van der Waals surface area contributed by atoms with E-state index in [0.717, 1.165) is 36.0 Å². The van der Waals surface area contributed by atoms with Crippen LogP contribution in [-0.2, 0) is 13.0 Å². The third-order valence-corrected chi connectivity index (χ3v) is 6.65. The second kappa shape index (κ2) is 10.8. The molecule has 1 fully saturated rings. The predicted octanol–water partition coefficient (Wildman–Crippen LogP) is 2.93. The first kappa shape index (κ1) is 23.8. The van der Waals surface area contributed by atoms with Gasteiger partial charge >= 0.3 is 0 Å². The monoisotopic (exact) mass is 483 g/mol. The van der Waals surface area contributed by atoms with Crippen molar-refractivity contribution in [2.75, 3.05) is 7.05 Å². The zero-order valence-corrected chi connectivity index (χ0v) is 20.1. The van der Waals surface area contributed by atoms with Crippen LogP contribution < -0.4 is 5.32 Å². The summed E-state index contributed by atoms with van der Waals surface area (Å²) in [5, 5.41) is 28.3. The zero-order chi connectivity index (χ0) is 24.9. The van der Waals surface area contributed by atoms with E-state index in [1.54, 1.807) is 24.3 Å². The number of aromatic amines is 1.